The van der Waals surface area contributed by atoms with Crippen molar-refractivity contribution in [1.82, 2.24) is 0 Å². The van der Waals surface area contributed by atoms with Crippen molar-refractivity contribution in [2.24, 2.45) is 0 Å². The number of unbranched alkanes of at least 4 members (excludes halogenated alkanes) is 3. The molecule has 0 aromatic heterocycles. The molecule has 1 aromatic rings. The van der Waals surface area contributed by atoms with E-state index >= 15 is 0 Å². The Morgan fingerprint density at radius 1 is 0.875 bits per heavy atom. The van der Waals surface area contributed by atoms with Crippen LogP contribution in [0, 0.1) is 0 Å². The monoisotopic (exact) mass is 442 g/mol. The fourth-order valence-electron chi connectivity index (χ4n) is 3.92. The number of benzene rings is 1. The summed E-state index contributed by atoms with van der Waals surface area (Å²) in [6.45, 7) is 7.37. The second-order valence-electron chi connectivity index (χ2n) is 7.63. The molecule has 0 radical (unpaired) electrons. The minimum absolute atomic E-state index is 0.224. The summed E-state index contributed by atoms with van der Waals surface area (Å²) < 4.78 is 25.7. The standard InChI is InChI=1S/C9H8FO.3C4H9.Sn/c10-9(6-11-7-9)8-4-2-1-3-5-8;3*1-3-4-2;/h2-5H,6-7H2;3*1,3-4H2,2H3;. The van der Waals surface area contributed by atoms with Crippen LogP contribution in [0.3, 0.4) is 0 Å². The van der Waals surface area contributed by atoms with Crippen molar-refractivity contribution in [3.8, 4) is 0 Å². The Morgan fingerprint density at radius 2 is 1.33 bits per heavy atom. The van der Waals surface area contributed by atoms with Gasteiger partial charge < -0.3 is 0 Å². The molecule has 0 amide bonds. The molecule has 1 aromatic carbocycles. The van der Waals surface area contributed by atoms with Crippen LogP contribution >= 0.6 is 0 Å². The molecule has 1 aliphatic heterocycles. The van der Waals surface area contributed by atoms with Crippen LogP contribution in [0.5, 0.6) is 0 Å². The SMILES string of the molecule is CCC[CH2][Sn]([CH2]CCC)([CH2]CCC)[c]1ccc(C2(F)COC2)cc1. The molecular formula is C21H35FOSn. The topological polar surface area (TPSA) is 9.23 Å². The first-order valence-corrected chi connectivity index (χ1v) is 17.5. The third kappa shape index (κ3) is 4.75. The Labute approximate surface area is 152 Å². The van der Waals surface area contributed by atoms with Gasteiger partial charge in [-0.1, -0.05) is 0 Å². The van der Waals surface area contributed by atoms with Gasteiger partial charge in [0.25, 0.3) is 0 Å². The van der Waals surface area contributed by atoms with Crippen LogP contribution in [-0.4, -0.2) is 31.6 Å². The average Bonchev–Trinajstić information content (AvgIpc) is 2.59. The van der Waals surface area contributed by atoms with Gasteiger partial charge in [0.05, 0.1) is 0 Å². The molecule has 0 bridgehead atoms. The quantitative estimate of drug-likeness (QED) is 0.387. The van der Waals surface area contributed by atoms with Crippen LogP contribution in [0.15, 0.2) is 24.3 Å². The summed E-state index contributed by atoms with van der Waals surface area (Å²) in [5.41, 5.74) is -0.411. The zero-order valence-corrected chi connectivity index (χ0v) is 18.7. The molecule has 2 rings (SSSR count). The normalized spacial score (nSPS) is 16.8. The summed E-state index contributed by atoms with van der Waals surface area (Å²) in [5.74, 6) is 0. The number of halogens is 1. The fourth-order valence-corrected chi connectivity index (χ4v) is 19.9. The van der Waals surface area contributed by atoms with Crippen molar-refractivity contribution in [3.63, 3.8) is 0 Å². The molecule has 1 aliphatic rings. The van der Waals surface area contributed by atoms with E-state index < -0.39 is 24.0 Å². The van der Waals surface area contributed by atoms with E-state index in [9.17, 15) is 4.39 Å². The molecule has 1 nitrogen and oxygen atoms in total. The van der Waals surface area contributed by atoms with Gasteiger partial charge in [-0.2, -0.15) is 0 Å². The van der Waals surface area contributed by atoms with E-state index in [1.807, 2.05) is 0 Å². The van der Waals surface area contributed by atoms with Crippen LogP contribution in [0.2, 0.25) is 13.3 Å². The van der Waals surface area contributed by atoms with Crippen molar-refractivity contribution >= 4 is 22.0 Å². The molecule has 3 heteroatoms. The van der Waals surface area contributed by atoms with Gasteiger partial charge in [0.1, 0.15) is 0 Å². The molecule has 0 atom stereocenters. The van der Waals surface area contributed by atoms with Gasteiger partial charge in [-0.15, -0.1) is 0 Å². The molecule has 0 aliphatic carbocycles. The molecule has 0 unspecified atom stereocenters. The van der Waals surface area contributed by atoms with Crippen molar-refractivity contribution in [1.29, 1.82) is 0 Å². The summed E-state index contributed by atoms with van der Waals surface area (Å²) in [4.78, 5) is 0. The summed E-state index contributed by atoms with van der Waals surface area (Å²) >= 11 is -2.35. The maximum absolute atomic E-state index is 14.6. The molecule has 1 saturated heterocycles. The van der Waals surface area contributed by atoms with Crippen LogP contribution in [-0.2, 0) is 10.4 Å². The van der Waals surface area contributed by atoms with Crippen LogP contribution in [0.4, 0.5) is 4.39 Å². The molecular weight excluding hydrogens is 406 g/mol. The van der Waals surface area contributed by atoms with Gasteiger partial charge in [0, 0.05) is 0 Å². The Balaban J connectivity index is 2.25. The number of alkyl halides is 1. The van der Waals surface area contributed by atoms with Gasteiger partial charge in [-0.3, -0.25) is 0 Å². The van der Waals surface area contributed by atoms with Crippen LogP contribution in [0.25, 0.3) is 0 Å². The molecule has 1 heterocycles. The molecule has 0 spiro atoms. The van der Waals surface area contributed by atoms with Crippen molar-refractivity contribution < 1.29 is 9.13 Å². The van der Waals surface area contributed by atoms with Gasteiger partial charge in [-0.05, 0) is 0 Å². The van der Waals surface area contributed by atoms with E-state index in [-0.39, 0.29) is 13.2 Å². The van der Waals surface area contributed by atoms with E-state index in [0.717, 1.165) is 5.56 Å². The van der Waals surface area contributed by atoms with E-state index in [4.69, 9.17) is 4.74 Å². The Morgan fingerprint density at radius 3 is 1.67 bits per heavy atom. The zero-order chi connectivity index (χ0) is 17.5. The molecule has 136 valence electrons. The number of hydrogen-bond acceptors (Lipinski definition) is 1. The van der Waals surface area contributed by atoms with Gasteiger partial charge >= 0.3 is 152 Å². The van der Waals surface area contributed by atoms with Crippen molar-refractivity contribution in [2.75, 3.05) is 13.2 Å². The molecule has 0 N–H and O–H groups in total. The first kappa shape index (κ1) is 20.2. The Bertz CT molecular complexity index is 459. The van der Waals surface area contributed by atoms with Crippen LogP contribution < -0.4 is 3.58 Å². The fraction of sp³-hybridized carbons (Fsp3) is 0.714. The Kier molecular flexibility index (Phi) is 8.06. The van der Waals surface area contributed by atoms with Crippen molar-refractivity contribution in [3.05, 3.63) is 29.8 Å². The second kappa shape index (κ2) is 9.56. The first-order valence-electron chi connectivity index (χ1n) is 9.98. The molecule has 24 heavy (non-hydrogen) atoms. The van der Waals surface area contributed by atoms with Crippen molar-refractivity contribution in [2.45, 2.75) is 78.3 Å². The van der Waals surface area contributed by atoms with E-state index in [0.29, 0.717) is 0 Å². The summed E-state index contributed by atoms with van der Waals surface area (Å²) in [5, 5.41) is 0. The van der Waals surface area contributed by atoms with Crippen LogP contribution in [0.1, 0.15) is 64.9 Å². The third-order valence-electron chi connectivity index (χ3n) is 5.70. The predicted octanol–water partition coefficient (Wildman–Crippen LogP) is 5.94. The average molecular weight is 441 g/mol. The van der Waals surface area contributed by atoms with E-state index in [2.05, 4.69) is 45.0 Å². The first-order chi connectivity index (χ1) is 11.6. The number of ether oxygens (including phenoxy) is 1. The van der Waals surface area contributed by atoms with E-state index in [1.165, 1.54) is 51.8 Å². The van der Waals surface area contributed by atoms with Gasteiger partial charge in [0.15, 0.2) is 0 Å². The minimum atomic E-state index is -2.35. The second-order valence-corrected chi connectivity index (χ2v) is 20.9. The zero-order valence-electron chi connectivity index (χ0n) is 15.9. The van der Waals surface area contributed by atoms with Gasteiger partial charge in [-0.25, -0.2) is 0 Å². The van der Waals surface area contributed by atoms with E-state index in [1.54, 1.807) is 3.58 Å². The molecule has 1 fully saturated rings. The predicted molar refractivity (Wildman–Crippen MR) is 105 cm³/mol. The summed E-state index contributed by atoms with van der Waals surface area (Å²) in [6.07, 6.45) is 7.98. The van der Waals surface area contributed by atoms with Gasteiger partial charge in [0.2, 0.25) is 0 Å². The maximum atomic E-state index is 14.6. The third-order valence-corrected chi connectivity index (χ3v) is 21.4. The number of rotatable bonds is 11. The summed E-state index contributed by atoms with van der Waals surface area (Å²) in [6, 6.07) is 8.72. The Hall–Kier alpha value is -0.0913. The number of hydrogen-bond donors (Lipinski definition) is 0. The molecule has 0 saturated carbocycles. The summed E-state index contributed by atoms with van der Waals surface area (Å²) in [7, 11) is 0.